The Morgan fingerprint density at radius 3 is 2.25 bits per heavy atom. The highest BCUT2D eigenvalue weighted by Crippen LogP contribution is 2.31. The van der Waals surface area contributed by atoms with Gasteiger partial charge in [0.05, 0.1) is 0 Å². The number of benzene rings is 1. The molecule has 146 valence electrons. The van der Waals surface area contributed by atoms with Crippen LogP contribution in [0.4, 0.5) is 24.7 Å². The Bertz CT molecular complexity index is 909. The van der Waals surface area contributed by atoms with Crippen molar-refractivity contribution >= 4 is 11.5 Å². The zero-order valence-corrected chi connectivity index (χ0v) is 15.5. The molecule has 0 aliphatic rings. The Morgan fingerprint density at radius 2 is 1.64 bits per heavy atom. The molecule has 0 amide bonds. The van der Waals surface area contributed by atoms with Gasteiger partial charge in [-0.1, -0.05) is 12.1 Å². The number of pyridine rings is 1. The molecule has 0 saturated carbocycles. The maximum absolute atomic E-state index is 13.3. The monoisotopic (exact) mass is 387 g/mol. The van der Waals surface area contributed by atoms with E-state index in [0.717, 1.165) is 24.6 Å². The highest BCUT2D eigenvalue weighted by atomic mass is 19.4. The van der Waals surface area contributed by atoms with E-state index in [4.69, 9.17) is 0 Å². The van der Waals surface area contributed by atoms with E-state index in [1.165, 1.54) is 12.4 Å². The minimum atomic E-state index is -4.57. The lowest BCUT2D eigenvalue weighted by Crippen LogP contribution is -2.15. The highest BCUT2D eigenvalue weighted by molar-refractivity contribution is 5.61. The Morgan fingerprint density at radius 1 is 0.964 bits per heavy atom. The van der Waals surface area contributed by atoms with E-state index in [1.807, 2.05) is 38.4 Å². The number of nitrogens with one attached hydrogen (secondary N) is 1. The van der Waals surface area contributed by atoms with Gasteiger partial charge in [-0.15, -0.1) is 0 Å². The molecule has 2 heterocycles. The third-order valence-electron chi connectivity index (χ3n) is 4.03. The fraction of sp³-hybridized carbons (Fsp3) is 0.250. The van der Waals surface area contributed by atoms with E-state index in [1.54, 1.807) is 12.1 Å². The first-order chi connectivity index (χ1) is 13.3. The molecule has 0 unspecified atom stereocenters. The number of hydrogen-bond donors (Lipinski definition) is 1. The molecule has 8 heteroatoms. The van der Waals surface area contributed by atoms with Gasteiger partial charge in [-0.25, -0.2) is 9.97 Å². The molecule has 0 aliphatic carbocycles. The van der Waals surface area contributed by atoms with Crippen LogP contribution >= 0.6 is 0 Å². The average Bonchev–Trinajstić information content (AvgIpc) is 2.67. The number of anilines is 2. The van der Waals surface area contributed by atoms with E-state index in [2.05, 4.69) is 25.2 Å². The molecule has 1 N–H and O–H groups in total. The molecule has 28 heavy (non-hydrogen) atoms. The quantitative estimate of drug-likeness (QED) is 0.679. The van der Waals surface area contributed by atoms with Crippen molar-refractivity contribution in [2.24, 2.45) is 0 Å². The Balaban J connectivity index is 1.87. The number of rotatable bonds is 6. The van der Waals surface area contributed by atoms with Gasteiger partial charge in [-0.05, 0) is 50.3 Å². The first-order valence-corrected chi connectivity index (χ1v) is 8.68. The Kier molecular flexibility index (Phi) is 5.89. The summed E-state index contributed by atoms with van der Waals surface area (Å²) < 4.78 is 39.8. The van der Waals surface area contributed by atoms with Gasteiger partial charge < -0.3 is 10.2 Å². The lowest BCUT2D eigenvalue weighted by molar-refractivity contribution is -0.141. The molecule has 0 aliphatic heterocycles. The number of alkyl halides is 3. The molecule has 3 rings (SSSR count). The van der Waals surface area contributed by atoms with E-state index in [9.17, 15) is 13.2 Å². The molecule has 2 aromatic heterocycles. The van der Waals surface area contributed by atoms with E-state index in [0.29, 0.717) is 11.3 Å². The zero-order valence-electron chi connectivity index (χ0n) is 15.5. The van der Waals surface area contributed by atoms with Crippen LogP contribution in [0.1, 0.15) is 11.3 Å². The summed E-state index contributed by atoms with van der Waals surface area (Å²) in [7, 11) is 4.01. The van der Waals surface area contributed by atoms with Gasteiger partial charge in [0.25, 0.3) is 0 Å². The second-order valence-corrected chi connectivity index (χ2v) is 6.57. The van der Waals surface area contributed by atoms with Gasteiger partial charge in [0.15, 0.2) is 11.5 Å². The molecular weight excluding hydrogens is 367 g/mol. The number of aromatic nitrogens is 3. The summed E-state index contributed by atoms with van der Waals surface area (Å²) in [5.41, 5.74) is 1.26. The van der Waals surface area contributed by atoms with Gasteiger partial charge in [0.1, 0.15) is 5.82 Å². The van der Waals surface area contributed by atoms with Gasteiger partial charge >= 0.3 is 6.18 Å². The van der Waals surface area contributed by atoms with Crippen LogP contribution in [0.3, 0.4) is 0 Å². The standard InChI is InChI=1S/C20H20F3N5/c1-28(2)12-9-14-3-5-16(6-4-14)25-18-13-17(20(21,22)23)26-19(27-18)15-7-10-24-11-8-15/h3-8,10-11,13H,9,12H2,1-2H3,(H,25,26,27). The van der Waals surface area contributed by atoms with Crippen molar-refractivity contribution in [3.8, 4) is 11.4 Å². The molecule has 0 radical (unpaired) electrons. The number of hydrogen-bond acceptors (Lipinski definition) is 5. The van der Waals surface area contributed by atoms with Gasteiger partial charge in [0, 0.05) is 36.3 Å². The second kappa shape index (κ2) is 8.35. The van der Waals surface area contributed by atoms with Crippen molar-refractivity contribution in [1.29, 1.82) is 0 Å². The average molecular weight is 387 g/mol. The molecule has 0 atom stereocenters. The first-order valence-electron chi connectivity index (χ1n) is 8.68. The van der Waals surface area contributed by atoms with Crippen molar-refractivity contribution < 1.29 is 13.2 Å². The van der Waals surface area contributed by atoms with Crippen LogP contribution in [0.25, 0.3) is 11.4 Å². The fourth-order valence-electron chi connectivity index (χ4n) is 2.54. The van der Waals surface area contributed by atoms with Crippen molar-refractivity contribution in [2.75, 3.05) is 26.0 Å². The normalized spacial score (nSPS) is 11.6. The minimum absolute atomic E-state index is 0.0117. The zero-order chi connectivity index (χ0) is 20.1. The van der Waals surface area contributed by atoms with Gasteiger partial charge in [-0.3, -0.25) is 4.98 Å². The van der Waals surface area contributed by atoms with Crippen LogP contribution in [0, 0.1) is 0 Å². The summed E-state index contributed by atoms with van der Waals surface area (Å²) in [6.45, 7) is 0.920. The molecular formula is C20H20F3N5. The molecule has 3 aromatic rings. The van der Waals surface area contributed by atoms with Crippen molar-refractivity contribution in [2.45, 2.75) is 12.6 Å². The van der Waals surface area contributed by atoms with Crippen LogP contribution in [0.5, 0.6) is 0 Å². The van der Waals surface area contributed by atoms with Crippen LogP contribution in [-0.4, -0.2) is 40.5 Å². The largest absolute Gasteiger partial charge is 0.433 e. The third-order valence-corrected chi connectivity index (χ3v) is 4.03. The predicted octanol–water partition coefficient (Wildman–Crippen LogP) is 4.41. The van der Waals surface area contributed by atoms with E-state index >= 15 is 0 Å². The number of likely N-dealkylation sites (N-methyl/N-ethyl adjacent to an activating group) is 1. The molecule has 0 fully saturated rings. The first kappa shape index (κ1) is 19.8. The number of halogens is 3. The van der Waals surface area contributed by atoms with Crippen LogP contribution in [0.2, 0.25) is 0 Å². The smallest absolute Gasteiger partial charge is 0.340 e. The SMILES string of the molecule is CN(C)CCc1ccc(Nc2cc(C(F)(F)F)nc(-c3ccncc3)n2)cc1. The molecule has 0 saturated heterocycles. The van der Waals surface area contributed by atoms with Crippen LogP contribution in [-0.2, 0) is 12.6 Å². The van der Waals surface area contributed by atoms with Crippen molar-refractivity contribution in [1.82, 2.24) is 19.9 Å². The lowest BCUT2D eigenvalue weighted by Gasteiger charge is -2.13. The molecule has 0 bridgehead atoms. The summed E-state index contributed by atoms with van der Waals surface area (Å²) >= 11 is 0. The molecule has 5 nitrogen and oxygen atoms in total. The molecule has 1 aromatic carbocycles. The van der Waals surface area contributed by atoms with Crippen molar-refractivity contribution in [3.63, 3.8) is 0 Å². The second-order valence-electron chi connectivity index (χ2n) is 6.57. The van der Waals surface area contributed by atoms with E-state index in [-0.39, 0.29) is 11.6 Å². The summed E-state index contributed by atoms with van der Waals surface area (Å²) in [6.07, 6.45) is -0.709. The number of nitrogens with zero attached hydrogens (tertiary/aromatic N) is 4. The topological polar surface area (TPSA) is 53.9 Å². The summed E-state index contributed by atoms with van der Waals surface area (Å²) in [5.74, 6) is 0.0671. The summed E-state index contributed by atoms with van der Waals surface area (Å²) in [5, 5.41) is 2.94. The third kappa shape index (κ3) is 5.26. The molecule has 0 spiro atoms. The van der Waals surface area contributed by atoms with E-state index < -0.39 is 11.9 Å². The minimum Gasteiger partial charge on any atom is -0.340 e. The van der Waals surface area contributed by atoms with Gasteiger partial charge in [-0.2, -0.15) is 13.2 Å². The predicted molar refractivity (Wildman–Crippen MR) is 102 cm³/mol. The van der Waals surface area contributed by atoms with Gasteiger partial charge in [0.2, 0.25) is 0 Å². The fourth-order valence-corrected chi connectivity index (χ4v) is 2.54. The summed E-state index contributed by atoms with van der Waals surface area (Å²) in [6, 6.07) is 11.6. The Labute approximate surface area is 161 Å². The summed E-state index contributed by atoms with van der Waals surface area (Å²) in [4.78, 5) is 13.9. The maximum Gasteiger partial charge on any atom is 0.433 e. The van der Waals surface area contributed by atoms with Crippen molar-refractivity contribution in [3.05, 3.63) is 66.1 Å². The van der Waals surface area contributed by atoms with Crippen LogP contribution in [0.15, 0.2) is 54.9 Å². The highest BCUT2D eigenvalue weighted by Gasteiger charge is 2.33. The maximum atomic E-state index is 13.3. The Hall–Kier alpha value is -3.00. The lowest BCUT2D eigenvalue weighted by atomic mass is 10.1. The van der Waals surface area contributed by atoms with Crippen LogP contribution < -0.4 is 5.32 Å².